The van der Waals surface area contributed by atoms with Gasteiger partial charge in [0.15, 0.2) is 5.82 Å². The molecule has 8 heteroatoms. The van der Waals surface area contributed by atoms with E-state index in [4.69, 9.17) is 17.3 Å². The first-order chi connectivity index (χ1) is 9.47. The van der Waals surface area contributed by atoms with Gasteiger partial charge in [-0.25, -0.2) is 4.98 Å². The molecule has 0 aliphatic carbocycles. The summed E-state index contributed by atoms with van der Waals surface area (Å²) in [6, 6.07) is 7.24. The molecule has 2 aromatic rings. The van der Waals surface area contributed by atoms with Crippen molar-refractivity contribution < 1.29 is 10.2 Å². The average Bonchev–Trinajstić information content (AvgIpc) is 2.42. The number of anilines is 2. The van der Waals surface area contributed by atoms with Gasteiger partial charge in [0.25, 0.3) is 0 Å². The van der Waals surface area contributed by atoms with Gasteiger partial charge in [0.05, 0.1) is 4.90 Å². The monoisotopic (exact) mass is 312 g/mol. The van der Waals surface area contributed by atoms with Gasteiger partial charge in [0, 0.05) is 23.2 Å². The molecule has 0 fully saturated rings. The Morgan fingerprint density at radius 2 is 1.95 bits per heavy atom. The van der Waals surface area contributed by atoms with Crippen LogP contribution >= 0.6 is 23.4 Å². The number of hydrogen-bond acceptors (Lipinski definition) is 7. The van der Waals surface area contributed by atoms with Gasteiger partial charge in [-0.2, -0.15) is 4.98 Å². The van der Waals surface area contributed by atoms with Gasteiger partial charge >= 0.3 is 0 Å². The molecule has 0 bridgehead atoms. The van der Waals surface area contributed by atoms with Gasteiger partial charge in [-0.15, -0.1) is 0 Å². The second kappa shape index (κ2) is 6.27. The van der Waals surface area contributed by atoms with Crippen molar-refractivity contribution in [2.24, 2.45) is 0 Å². The number of aliphatic hydroxyl groups is 2. The minimum atomic E-state index is -1.67. The zero-order valence-electron chi connectivity index (χ0n) is 10.6. The van der Waals surface area contributed by atoms with Crippen molar-refractivity contribution in [2.45, 2.75) is 16.2 Å². The largest absolute Gasteiger partial charge is 0.368 e. The van der Waals surface area contributed by atoms with Crippen molar-refractivity contribution >= 4 is 35.1 Å². The molecule has 20 heavy (non-hydrogen) atoms. The zero-order valence-corrected chi connectivity index (χ0v) is 12.1. The van der Waals surface area contributed by atoms with E-state index in [2.05, 4.69) is 9.97 Å². The van der Waals surface area contributed by atoms with Crippen molar-refractivity contribution in [1.29, 1.82) is 0 Å². The molecule has 0 radical (unpaired) electrons. The lowest BCUT2D eigenvalue weighted by Gasteiger charge is -2.22. The molecule has 4 N–H and O–H groups in total. The smallest absolute Gasteiger partial charge is 0.236 e. The second-order valence-corrected chi connectivity index (χ2v) is 5.48. The van der Waals surface area contributed by atoms with Crippen LogP contribution in [0.5, 0.6) is 0 Å². The molecule has 0 saturated heterocycles. The summed E-state index contributed by atoms with van der Waals surface area (Å²) in [5.41, 5.74) is 5.54. The topological polar surface area (TPSA) is 95.5 Å². The van der Waals surface area contributed by atoms with Crippen LogP contribution in [0.4, 0.5) is 11.8 Å². The quantitative estimate of drug-likeness (QED) is 0.737. The highest BCUT2D eigenvalue weighted by molar-refractivity contribution is 7.99. The second-order valence-electron chi connectivity index (χ2n) is 3.93. The molecule has 0 unspecified atom stereocenters. The van der Waals surface area contributed by atoms with E-state index in [0.29, 0.717) is 15.7 Å². The maximum absolute atomic E-state index is 9.25. The van der Waals surface area contributed by atoms with Crippen LogP contribution in [0.1, 0.15) is 0 Å². The SMILES string of the molecule is CN(c1nc(N)ncc1Sc1ccc(Cl)cc1)C(O)O. The van der Waals surface area contributed by atoms with Gasteiger partial charge in [-0.1, -0.05) is 23.4 Å². The molecule has 0 aliphatic rings. The van der Waals surface area contributed by atoms with Crippen LogP contribution in [0.25, 0.3) is 0 Å². The van der Waals surface area contributed by atoms with E-state index in [1.54, 1.807) is 12.1 Å². The molecule has 0 saturated carbocycles. The van der Waals surface area contributed by atoms with Crippen molar-refractivity contribution in [3.63, 3.8) is 0 Å². The Balaban J connectivity index is 2.33. The van der Waals surface area contributed by atoms with E-state index >= 15 is 0 Å². The Kier molecular flexibility index (Phi) is 4.66. The van der Waals surface area contributed by atoms with Crippen LogP contribution in [0, 0.1) is 0 Å². The van der Waals surface area contributed by atoms with Crippen LogP contribution in [0.3, 0.4) is 0 Å². The summed E-state index contributed by atoms with van der Waals surface area (Å²) in [6.07, 6.45) is -0.135. The summed E-state index contributed by atoms with van der Waals surface area (Å²) in [7, 11) is 1.50. The van der Waals surface area contributed by atoms with Crippen LogP contribution in [0.2, 0.25) is 5.02 Å². The van der Waals surface area contributed by atoms with Crippen LogP contribution < -0.4 is 10.6 Å². The third kappa shape index (κ3) is 3.51. The van der Waals surface area contributed by atoms with E-state index in [9.17, 15) is 10.2 Å². The fourth-order valence-corrected chi connectivity index (χ4v) is 2.48. The molecule has 1 aromatic heterocycles. The Hall–Kier alpha value is -1.54. The maximum Gasteiger partial charge on any atom is 0.236 e. The molecule has 0 amide bonds. The average molecular weight is 313 g/mol. The molecule has 0 spiro atoms. The van der Waals surface area contributed by atoms with Crippen molar-refractivity contribution in [2.75, 3.05) is 17.7 Å². The highest BCUT2D eigenvalue weighted by Crippen LogP contribution is 2.34. The number of aliphatic hydroxyl groups excluding tert-OH is 1. The van der Waals surface area contributed by atoms with Gasteiger partial charge in [0.1, 0.15) is 0 Å². The van der Waals surface area contributed by atoms with E-state index in [1.807, 2.05) is 12.1 Å². The molecular formula is C12H13ClN4O2S. The van der Waals surface area contributed by atoms with Crippen molar-refractivity contribution in [3.8, 4) is 0 Å². The number of rotatable bonds is 4. The molecule has 106 valence electrons. The minimum Gasteiger partial charge on any atom is -0.368 e. The van der Waals surface area contributed by atoms with Crippen molar-refractivity contribution in [3.05, 3.63) is 35.5 Å². The number of aromatic nitrogens is 2. The Morgan fingerprint density at radius 3 is 2.55 bits per heavy atom. The molecule has 6 nitrogen and oxygen atoms in total. The first kappa shape index (κ1) is 14.9. The predicted molar refractivity (Wildman–Crippen MR) is 78.6 cm³/mol. The highest BCUT2D eigenvalue weighted by atomic mass is 35.5. The van der Waals surface area contributed by atoms with E-state index in [-0.39, 0.29) is 5.95 Å². The summed E-state index contributed by atoms with van der Waals surface area (Å²) in [5.74, 6) is 0.403. The lowest BCUT2D eigenvalue weighted by atomic mass is 10.4. The normalized spacial score (nSPS) is 10.8. The van der Waals surface area contributed by atoms with Crippen LogP contribution in [-0.4, -0.2) is 33.6 Å². The first-order valence-electron chi connectivity index (χ1n) is 5.62. The molecule has 1 heterocycles. The van der Waals surface area contributed by atoms with E-state index in [0.717, 1.165) is 4.90 Å². The first-order valence-corrected chi connectivity index (χ1v) is 6.81. The summed E-state index contributed by atoms with van der Waals surface area (Å²) < 4.78 is 0. The Morgan fingerprint density at radius 1 is 1.30 bits per heavy atom. The van der Waals surface area contributed by atoms with E-state index < -0.39 is 6.41 Å². The predicted octanol–water partition coefficient (Wildman–Crippen LogP) is 1.57. The summed E-state index contributed by atoms with van der Waals surface area (Å²) >= 11 is 7.21. The fraction of sp³-hybridized carbons (Fsp3) is 0.167. The number of nitrogen functional groups attached to an aromatic ring is 1. The number of nitrogens with two attached hydrogens (primary N) is 1. The molecule has 2 rings (SSSR count). The van der Waals surface area contributed by atoms with Crippen LogP contribution in [0.15, 0.2) is 40.3 Å². The maximum atomic E-state index is 9.25. The molecule has 0 aliphatic heterocycles. The van der Waals surface area contributed by atoms with Crippen molar-refractivity contribution in [1.82, 2.24) is 9.97 Å². The number of nitrogens with zero attached hydrogens (tertiary/aromatic N) is 3. The van der Waals surface area contributed by atoms with Gasteiger partial charge in [0.2, 0.25) is 12.4 Å². The molecule has 0 atom stereocenters. The molecular weight excluding hydrogens is 300 g/mol. The van der Waals surface area contributed by atoms with Gasteiger partial charge in [-0.05, 0) is 24.3 Å². The lowest BCUT2D eigenvalue weighted by molar-refractivity contribution is -0.0379. The standard InChI is InChI=1S/C12H13ClN4O2S/c1-17(12(18)19)10-9(6-15-11(14)16-10)20-8-4-2-7(13)3-5-8/h2-6,12,18-19H,1H3,(H2,14,15,16). The summed E-state index contributed by atoms with van der Waals surface area (Å²) in [4.78, 5) is 10.7. The highest BCUT2D eigenvalue weighted by Gasteiger charge is 2.16. The fourth-order valence-electron chi connectivity index (χ4n) is 1.44. The third-order valence-electron chi connectivity index (χ3n) is 2.48. The van der Waals surface area contributed by atoms with Gasteiger partial charge in [-0.3, -0.25) is 0 Å². The lowest BCUT2D eigenvalue weighted by Crippen LogP contribution is -2.32. The number of hydrogen-bond donors (Lipinski definition) is 3. The van der Waals surface area contributed by atoms with Gasteiger partial charge < -0.3 is 20.8 Å². The third-order valence-corrected chi connectivity index (χ3v) is 3.74. The Bertz CT molecular complexity index is 595. The number of halogens is 1. The van der Waals surface area contributed by atoms with E-state index in [1.165, 1.54) is 29.9 Å². The Labute approximate surface area is 125 Å². The van der Waals surface area contributed by atoms with Crippen LogP contribution in [-0.2, 0) is 0 Å². The molecule has 1 aromatic carbocycles. The number of benzene rings is 1. The summed E-state index contributed by atoms with van der Waals surface area (Å²) in [6.45, 7) is 0. The summed E-state index contributed by atoms with van der Waals surface area (Å²) in [5, 5.41) is 19.1. The minimum absolute atomic E-state index is 0.0629. The zero-order chi connectivity index (χ0) is 14.7.